The molecule has 9 rings (SSSR count). The van der Waals surface area contributed by atoms with Gasteiger partial charge in [0.15, 0.2) is 17.5 Å². The molecular formula is C41H26N4S. The van der Waals surface area contributed by atoms with Crippen molar-refractivity contribution in [2.45, 2.75) is 0 Å². The minimum absolute atomic E-state index is 0.641. The van der Waals surface area contributed by atoms with Crippen LogP contribution in [0.5, 0.6) is 0 Å². The van der Waals surface area contributed by atoms with Crippen LogP contribution in [-0.4, -0.2) is 19.5 Å². The summed E-state index contributed by atoms with van der Waals surface area (Å²) >= 11 is 1.71. The molecule has 0 atom stereocenters. The number of hydrogen-bond donors (Lipinski definition) is 0. The average Bonchev–Trinajstić information content (AvgIpc) is 3.72. The predicted molar refractivity (Wildman–Crippen MR) is 191 cm³/mol. The first-order valence-corrected chi connectivity index (χ1v) is 16.1. The molecule has 0 radical (unpaired) electrons. The van der Waals surface area contributed by atoms with Crippen molar-refractivity contribution < 1.29 is 0 Å². The third kappa shape index (κ3) is 4.48. The molecule has 0 aliphatic heterocycles. The third-order valence-electron chi connectivity index (χ3n) is 8.50. The minimum atomic E-state index is 0.641. The first-order chi connectivity index (χ1) is 22.8. The van der Waals surface area contributed by atoms with Gasteiger partial charge >= 0.3 is 0 Å². The van der Waals surface area contributed by atoms with Crippen LogP contribution in [0, 0.1) is 0 Å². The number of aromatic nitrogens is 4. The molecule has 9 aromatic rings. The van der Waals surface area contributed by atoms with Gasteiger partial charge in [-0.3, -0.25) is 0 Å². The van der Waals surface area contributed by atoms with Crippen molar-refractivity contribution in [3.63, 3.8) is 0 Å². The van der Waals surface area contributed by atoms with Crippen molar-refractivity contribution in [1.82, 2.24) is 19.5 Å². The molecule has 0 bridgehead atoms. The first kappa shape index (κ1) is 26.5. The minimum Gasteiger partial charge on any atom is -0.309 e. The zero-order chi connectivity index (χ0) is 30.5. The molecule has 0 N–H and O–H groups in total. The van der Waals surface area contributed by atoms with Crippen LogP contribution in [-0.2, 0) is 0 Å². The number of nitrogens with zero attached hydrogens (tertiary/aromatic N) is 4. The number of rotatable bonds is 5. The Morgan fingerprint density at radius 2 is 1.00 bits per heavy atom. The fourth-order valence-electron chi connectivity index (χ4n) is 6.31. The van der Waals surface area contributed by atoms with Crippen molar-refractivity contribution in [2.24, 2.45) is 0 Å². The second-order valence-corrected chi connectivity index (χ2v) is 12.4. The second kappa shape index (κ2) is 10.9. The normalized spacial score (nSPS) is 11.5. The summed E-state index contributed by atoms with van der Waals surface area (Å²) < 4.78 is 3.54. The van der Waals surface area contributed by atoms with Crippen molar-refractivity contribution in [1.29, 1.82) is 0 Å². The van der Waals surface area contributed by atoms with Gasteiger partial charge < -0.3 is 4.57 Å². The van der Waals surface area contributed by atoms with E-state index in [4.69, 9.17) is 15.0 Å². The monoisotopic (exact) mass is 606 g/mol. The molecule has 0 aliphatic carbocycles. The number of thiophene rings is 1. The van der Waals surface area contributed by atoms with Crippen molar-refractivity contribution >= 4 is 43.2 Å². The lowest BCUT2D eigenvalue weighted by Crippen LogP contribution is -2.03. The van der Waals surface area contributed by atoms with E-state index in [0.29, 0.717) is 17.5 Å². The Kier molecular flexibility index (Phi) is 6.28. The molecule has 0 fully saturated rings. The second-order valence-electron chi connectivity index (χ2n) is 11.3. The quantitative estimate of drug-likeness (QED) is 0.196. The number of para-hydroxylation sites is 3. The van der Waals surface area contributed by atoms with Crippen LogP contribution in [0.1, 0.15) is 0 Å². The predicted octanol–water partition coefficient (Wildman–Crippen LogP) is 10.9. The van der Waals surface area contributed by atoms with Crippen LogP contribution in [0.4, 0.5) is 0 Å². The van der Waals surface area contributed by atoms with Gasteiger partial charge in [0.1, 0.15) is 0 Å². The smallest absolute Gasteiger partial charge is 0.174 e. The van der Waals surface area contributed by atoms with Crippen LogP contribution in [0.25, 0.3) is 82.2 Å². The Bertz CT molecular complexity index is 2440. The van der Waals surface area contributed by atoms with Crippen LogP contribution >= 0.6 is 11.3 Å². The fraction of sp³-hybridized carbons (Fsp3) is 0. The highest BCUT2D eigenvalue weighted by molar-refractivity contribution is 7.22. The summed E-state index contributed by atoms with van der Waals surface area (Å²) in [5.41, 5.74) is 7.54. The SMILES string of the molecule is c1ccc(-c2ccc(-c3nc(-c4cc5ccccc5s4)nc(-c4ccccc4-n4c5ccccc5c5ccccc54)n3)cc2)cc1. The van der Waals surface area contributed by atoms with Crippen molar-refractivity contribution in [2.75, 3.05) is 0 Å². The van der Waals surface area contributed by atoms with E-state index >= 15 is 0 Å². The molecule has 216 valence electrons. The lowest BCUT2D eigenvalue weighted by molar-refractivity contribution is 1.07. The molecule has 0 aliphatic rings. The summed E-state index contributed by atoms with van der Waals surface area (Å²) in [6, 6.07) is 55.1. The highest BCUT2D eigenvalue weighted by Crippen LogP contribution is 2.37. The van der Waals surface area contributed by atoms with Crippen molar-refractivity contribution in [3.8, 4) is 50.3 Å². The van der Waals surface area contributed by atoms with Gasteiger partial charge in [0.25, 0.3) is 0 Å². The molecule has 46 heavy (non-hydrogen) atoms. The lowest BCUT2D eigenvalue weighted by atomic mass is 10.0. The number of fused-ring (bicyclic) bond motifs is 4. The van der Waals surface area contributed by atoms with E-state index in [2.05, 4.69) is 156 Å². The highest BCUT2D eigenvalue weighted by atomic mass is 32.1. The van der Waals surface area contributed by atoms with E-state index in [1.165, 1.54) is 26.4 Å². The van der Waals surface area contributed by atoms with Crippen LogP contribution in [0.15, 0.2) is 158 Å². The fourth-order valence-corrected chi connectivity index (χ4v) is 7.31. The number of hydrogen-bond acceptors (Lipinski definition) is 4. The van der Waals surface area contributed by atoms with E-state index in [0.717, 1.165) is 38.3 Å². The van der Waals surface area contributed by atoms with Gasteiger partial charge in [0, 0.05) is 26.6 Å². The first-order valence-electron chi connectivity index (χ1n) is 15.3. The zero-order valence-corrected chi connectivity index (χ0v) is 25.5. The summed E-state index contributed by atoms with van der Waals surface area (Å²) in [5.74, 6) is 1.96. The van der Waals surface area contributed by atoms with Crippen LogP contribution in [0.3, 0.4) is 0 Å². The average molecular weight is 607 g/mol. The molecule has 0 saturated carbocycles. The van der Waals surface area contributed by atoms with Gasteiger partial charge in [-0.25, -0.2) is 15.0 Å². The zero-order valence-electron chi connectivity index (χ0n) is 24.7. The topological polar surface area (TPSA) is 43.6 Å². The maximum absolute atomic E-state index is 5.17. The molecule has 0 saturated heterocycles. The molecule has 0 amide bonds. The van der Waals surface area contributed by atoms with Crippen LogP contribution < -0.4 is 0 Å². The Morgan fingerprint density at radius 3 is 1.76 bits per heavy atom. The lowest BCUT2D eigenvalue weighted by Gasteiger charge is -2.14. The Morgan fingerprint density at radius 1 is 0.435 bits per heavy atom. The molecular weight excluding hydrogens is 581 g/mol. The van der Waals surface area contributed by atoms with Gasteiger partial charge in [-0.15, -0.1) is 11.3 Å². The Balaban J connectivity index is 1.26. The van der Waals surface area contributed by atoms with Gasteiger partial charge in [-0.2, -0.15) is 0 Å². The number of benzene rings is 6. The Hall–Kier alpha value is -5.91. The maximum atomic E-state index is 5.17. The van der Waals surface area contributed by atoms with Gasteiger partial charge in [0.05, 0.1) is 21.6 Å². The molecule has 5 heteroatoms. The summed E-state index contributed by atoms with van der Waals surface area (Å²) in [6.45, 7) is 0. The highest BCUT2D eigenvalue weighted by Gasteiger charge is 2.19. The van der Waals surface area contributed by atoms with E-state index in [-0.39, 0.29) is 0 Å². The van der Waals surface area contributed by atoms with E-state index < -0.39 is 0 Å². The maximum Gasteiger partial charge on any atom is 0.174 e. The molecule has 0 unspecified atom stereocenters. The summed E-state index contributed by atoms with van der Waals surface area (Å²) in [4.78, 5) is 16.4. The summed E-state index contributed by atoms with van der Waals surface area (Å²) in [7, 11) is 0. The van der Waals surface area contributed by atoms with E-state index in [9.17, 15) is 0 Å². The van der Waals surface area contributed by atoms with Gasteiger partial charge in [-0.05, 0) is 52.9 Å². The standard InChI is InChI=1S/C41H26N4S/c1-2-12-27(13-3-1)28-22-24-29(25-23-28)39-42-40(44-41(43-39)38-26-30-14-4-11-21-37(30)46-38)33-17-7-10-20-36(33)45-34-18-8-5-15-31(34)32-16-6-9-19-35(32)45/h1-26H. The molecule has 3 aromatic heterocycles. The van der Waals surface area contributed by atoms with Gasteiger partial charge in [0.2, 0.25) is 0 Å². The molecule has 0 spiro atoms. The Labute approximate surface area is 269 Å². The molecule has 4 nitrogen and oxygen atoms in total. The van der Waals surface area contributed by atoms with Crippen molar-refractivity contribution in [3.05, 3.63) is 158 Å². The van der Waals surface area contributed by atoms with Crippen LogP contribution in [0.2, 0.25) is 0 Å². The largest absolute Gasteiger partial charge is 0.309 e. The summed E-state index contributed by atoms with van der Waals surface area (Å²) in [6.07, 6.45) is 0. The molecule has 6 aromatic carbocycles. The van der Waals surface area contributed by atoms with E-state index in [1.807, 2.05) is 6.07 Å². The van der Waals surface area contributed by atoms with E-state index in [1.54, 1.807) is 11.3 Å². The summed E-state index contributed by atoms with van der Waals surface area (Å²) in [5, 5.41) is 3.62. The van der Waals surface area contributed by atoms with Gasteiger partial charge in [-0.1, -0.05) is 121 Å². The third-order valence-corrected chi connectivity index (χ3v) is 9.61. The molecule has 3 heterocycles.